The Morgan fingerprint density at radius 2 is 1.90 bits per heavy atom. The van der Waals surface area contributed by atoms with Gasteiger partial charge in [-0.3, -0.25) is 0 Å². The van der Waals surface area contributed by atoms with Crippen molar-refractivity contribution in [1.82, 2.24) is 9.55 Å². The Balaban J connectivity index is 1.83. The van der Waals surface area contributed by atoms with Crippen molar-refractivity contribution >= 4 is 11.0 Å². The van der Waals surface area contributed by atoms with Crippen LogP contribution in [0.1, 0.15) is 11.4 Å². The van der Waals surface area contributed by atoms with Gasteiger partial charge in [-0.2, -0.15) is 0 Å². The zero-order chi connectivity index (χ0) is 14.7. The second kappa shape index (κ2) is 5.83. The van der Waals surface area contributed by atoms with Gasteiger partial charge in [0.2, 0.25) is 0 Å². The monoisotopic (exact) mass is 278 g/mol. The maximum Gasteiger partial charge on any atom is 0.147 e. The topological polar surface area (TPSA) is 27.1 Å². The summed E-state index contributed by atoms with van der Waals surface area (Å²) >= 11 is 0. The summed E-state index contributed by atoms with van der Waals surface area (Å²) in [5.74, 6) is 1.81. The predicted octanol–water partition coefficient (Wildman–Crippen LogP) is 3.88. The lowest BCUT2D eigenvalue weighted by molar-refractivity contribution is 0.290. The summed E-state index contributed by atoms with van der Waals surface area (Å²) in [6.07, 6.45) is 2.69. The van der Waals surface area contributed by atoms with Crippen LogP contribution >= 0.6 is 0 Å². The van der Waals surface area contributed by atoms with Crippen LogP contribution in [-0.2, 0) is 20.1 Å². The molecule has 3 heteroatoms. The van der Waals surface area contributed by atoms with Crippen molar-refractivity contribution in [2.75, 3.05) is 0 Å². The molecule has 0 saturated heterocycles. The minimum atomic E-state index is 0.458. The highest BCUT2D eigenvalue weighted by Gasteiger charge is 2.08. The second-order valence-corrected chi connectivity index (χ2v) is 4.96. The average Bonchev–Trinajstić information content (AvgIpc) is 2.84. The third-order valence-corrected chi connectivity index (χ3v) is 3.57. The third-order valence-electron chi connectivity index (χ3n) is 3.57. The van der Waals surface area contributed by atoms with Crippen LogP contribution in [0.2, 0.25) is 0 Å². The number of para-hydroxylation sites is 3. The number of aromatic nitrogens is 2. The van der Waals surface area contributed by atoms with E-state index in [2.05, 4.69) is 28.3 Å². The molecule has 2 aromatic carbocycles. The maximum absolute atomic E-state index is 5.96. The van der Waals surface area contributed by atoms with Gasteiger partial charge in [0.25, 0.3) is 0 Å². The smallest absolute Gasteiger partial charge is 0.147 e. The minimum Gasteiger partial charge on any atom is -0.485 e. The van der Waals surface area contributed by atoms with Gasteiger partial charge in [-0.15, -0.1) is 6.58 Å². The summed E-state index contributed by atoms with van der Waals surface area (Å²) in [6, 6.07) is 16.2. The average molecular weight is 278 g/mol. The molecule has 3 rings (SSSR count). The summed E-state index contributed by atoms with van der Waals surface area (Å²) in [7, 11) is 2.02. The SMILES string of the molecule is C=CCc1ccccc1OCc1nc2ccccc2n1C. The Morgan fingerprint density at radius 3 is 2.71 bits per heavy atom. The van der Waals surface area contributed by atoms with Crippen molar-refractivity contribution in [3.05, 3.63) is 72.6 Å². The molecule has 21 heavy (non-hydrogen) atoms. The lowest BCUT2D eigenvalue weighted by atomic mass is 10.1. The molecule has 0 spiro atoms. The lowest BCUT2D eigenvalue weighted by Gasteiger charge is -2.10. The molecule has 0 bridgehead atoms. The summed E-state index contributed by atoms with van der Waals surface area (Å²) in [5, 5.41) is 0. The highest BCUT2D eigenvalue weighted by atomic mass is 16.5. The fourth-order valence-corrected chi connectivity index (χ4v) is 2.44. The number of rotatable bonds is 5. The summed E-state index contributed by atoms with van der Waals surface area (Å²) in [6.45, 7) is 4.24. The number of imidazole rings is 1. The molecule has 0 radical (unpaired) electrons. The molecule has 0 amide bonds. The van der Waals surface area contributed by atoms with Gasteiger partial charge >= 0.3 is 0 Å². The Morgan fingerprint density at radius 1 is 1.14 bits per heavy atom. The van der Waals surface area contributed by atoms with Gasteiger partial charge in [0.1, 0.15) is 18.2 Å². The fraction of sp³-hybridized carbons (Fsp3) is 0.167. The molecule has 0 fully saturated rings. The first kappa shape index (κ1) is 13.4. The zero-order valence-electron chi connectivity index (χ0n) is 12.1. The molecule has 3 nitrogen and oxygen atoms in total. The molecule has 1 heterocycles. The van der Waals surface area contributed by atoms with E-state index in [0.29, 0.717) is 6.61 Å². The highest BCUT2D eigenvalue weighted by Crippen LogP contribution is 2.21. The third kappa shape index (κ3) is 2.68. The predicted molar refractivity (Wildman–Crippen MR) is 85.4 cm³/mol. The summed E-state index contributed by atoms with van der Waals surface area (Å²) in [4.78, 5) is 4.62. The lowest BCUT2D eigenvalue weighted by Crippen LogP contribution is -2.04. The standard InChI is InChI=1S/C18H18N2O/c1-3-8-14-9-4-7-12-17(14)21-13-18-19-15-10-5-6-11-16(15)20(18)2/h3-7,9-12H,1,8,13H2,2H3. The first-order chi connectivity index (χ1) is 10.3. The molecule has 0 saturated carbocycles. The molecule has 3 aromatic rings. The van der Waals surface area contributed by atoms with Crippen molar-refractivity contribution in [2.24, 2.45) is 7.05 Å². The van der Waals surface area contributed by atoms with Gasteiger partial charge in [0, 0.05) is 7.05 Å². The molecule has 0 N–H and O–H groups in total. The van der Waals surface area contributed by atoms with Crippen LogP contribution < -0.4 is 4.74 Å². The van der Waals surface area contributed by atoms with Crippen LogP contribution in [0.5, 0.6) is 5.75 Å². The van der Waals surface area contributed by atoms with Crippen molar-refractivity contribution in [3.8, 4) is 5.75 Å². The van der Waals surface area contributed by atoms with Crippen LogP contribution in [0.3, 0.4) is 0 Å². The Bertz CT molecular complexity index is 774. The Hall–Kier alpha value is -2.55. The van der Waals surface area contributed by atoms with Gasteiger partial charge in [-0.05, 0) is 30.2 Å². The quantitative estimate of drug-likeness (QED) is 0.662. The molecular weight excluding hydrogens is 260 g/mol. The first-order valence-corrected chi connectivity index (χ1v) is 7.01. The summed E-state index contributed by atoms with van der Waals surface area (Å²) in [5.41, 5.74) is 3.26. The normalized spacial score (nSPS) is 10.7. The van der Waals surface area contributed by atoms with Crippen LogP contribution in [0.4, 0.5) is 0 Å². The van der Waals surface area contributed by atoms with E-state index in [1.165, 1.54) is 0 Å². The molecule has 0 atom stereocenters. The van der Waals surface area contributed by atoms with Crippen LogP contribution in [0, 0.1) is 0 Å². The Kier molecular flexibility index (Phi) is 3.73. The van der Waals surface area contributed by atoms with E-state index < -0.39 is 0 Å². The number of aryl methyl sites for hydroxylation is 1. The molecule has 106 valence electrons. The fourth-order valence-electron chi connectivity index (χ4n) is 2.44. The Labute approximate surface area is 124 Å². The summed E-state index contributed by atoms with van der Waals surface area (Å²) < 4.78 is 8.03. The number of benzene rings is 2. The molecule has 1 aromatic heterocycles. The van der Waals surface area contributed by atoms with Crippen LogP contribution in [0.15, 0.2) is 61.2 Å². The second-order valence-electron chi connectivity index (χ2n) is 4.96. The number of hydrogen-bond acceptors (Lipinski definition) is 2. The first-order valence-electron chi connectivity index (χ1n) is 7.01. The van der Waals surface area contributed by atoms with E-state index in [-0.39, 0.29) is 0 Å². The van der Waals surface area contributed by atoms with Crippen molar-refractivity contribution in [3.63, 3.8) is 0 Å². The largest absolute Gasteiger partial charge is 0.485 e. The van der Waals surface area contributed by atoms with Gasteiger partial charge in [0.15, 0.2) is 0 Å². The number of fused-ring (bicyclic) bond motifs is 1. The van der Waals surface area contributed by atoms with E-state index in [4.69, 9.17) is 4.74 Å². The highest BCUT2D eigenvalue weighted by molar-refractivity contribution is 5.75. The maximum atomic E-state index is 5.96. The van der Waals surface area contributed by atoms with E-state index >= 15 is 0 Å². The molecular formula is C18H18N2O. The van der Waals surface area contributed by atoms with Gasteiger partial charge in [-0.1, -0.05) is 36.4 Å². The van der Waals surface area contributed by atoms with Gasteiger partial charge in [0.05, 0.1) is 11.0 Å². The zero-order valence-corrected chi connectivity index (χ0v) is 12.1. The van der Waals surface area contributed by atoms with Gasteiger partial charge < -0.3 is 9.30 Å². The number of allylic oxidation sites excluding steroid dienone is 1. The number of nitrogens with zero attached hydrogens (tertiary/aromatic N) is 2. The van der Waals surface area contributed by atoms with Crippen molar-refractivity contribution in [2.45, 2.75) is 13.0 Å². The van der Waals surface area contributed by atoms with E-state index in [9.17, 15) is 0 Å². The molecule has 0 unspecified atom stereocenters. The number of ether oxygens (including phenoxy) is 1. The van der Waals surface area contributed by atoms with Crippen LogP contribution in [0.25, 0.3) is 11.0 Å². The van der Waals surface area contributed by atoms with E-state index in [1.807, 2.05) is 49.5 Å². The van der Waals surface area contributed by atoms with Crippen molar-refractivity contribution in [1.29, 1.82) is 0 Å². The van der Waals surface area contributed by atoms with Crippen molar-refractivity contribution < 1.29 is 4.74 Å². The van der Waals surface area contributed by atoms with E-state index in [1.54, 1.807) is 0 Å². The molecule has 0 aliphatic rings. The van der Waals surface area contributed by atoms with Gasteiger partial charge in [-0.25, -0.2) is 4.98 Å². The molecule has 0 aliphatic carbocycles. The molecule has 0 aliphatic heterocycles. The minimum absolute atomic E-state index is 0.458. The number of hydrogen-bond donors (Lipinski definition) is 0. The van der Waals surface area contributed by atoms with E-state index in [0.717, 1.165) is 34.6 Å². The van der Waals surface area contributed by atoms with Crippen LogP contribution in [-0.4, -0.2) is 9.55 Å².